The number of likely N-dealkylation sites (tertiary alicyclic amines) is 1. The molecule has 0 spiro atoms. The van der Waals surface area contributed by atoms with E-state index in [-0.39, 0.29) is 30.0 Å². The SMILES string of the molecule is CCOC(=O)C12CN(Cc3ccccc3)CC1CS(=O)(=O)C2. The fraction of sp³-hybridized carbons (Fsp3) is 0.562. The average molecular weight is 323 g/mol. The summed E-state index contributed by atoms with van der Waals surface area (Å²) in [6.45, 7) is 3.87. The van der Waals surface area contributed by atoms with Crippen LogP contribution in [-0.4, -0.2) is 50.5 Å². The minimum Gasteiger partial charge on any atom is -0.465 e. The summed E-state index contributed by atoms with van der Waals surface area (Å²) in [5.41, 5.74) is 0.299. The van der Waals surface area contributed by atoms with Crippen LogP contribution in [-0.2, 0) is 25.9 Å². The van der Waals surface area contributed by atoms with Crippen LogP contribution >= 0.6 is 0 Å². The van der Waals surface area contributed by atoms with E-state index >= 15 is 0 Å². The van der Waals surface area contributed by atoms with Gasteiger partial charge < -0.3 is 4.74 Å². The molecule has 2 atom stereocenters. The van der Waals surface area contributed by atoms with Gasteiger partial charge in [-0.05, 0) is 12.5 Å². The zero-order valence-corrected chi connectivity index (χ0v) is 13.5. The van der Waals surface area contributed by atoms with Crippen molar-refractivity contribution < 1.29 is 17.9 Å². The second kappa shape index (κ2) is 5.66. The number of hydrogen-bond donors (Lipinski definition) is 0. The van der Waals surface area contributed by atoms with Crippen molar-refractivity contribution >= 4 is 15.8 Å². The lowest BCUT2D eigenvalue weighted by Crippen LogP contribution is -2.41. The fourth-order valence-electron chi connectivity index (χ4n) is 3.74. The second-order valence-corrected chi connectivity index (χ2v) is 8.39. The summed E-state index contributed by atoms with van der Waals surface area (Å²) >= 11 is 0. The van der Waals surface area contributed by atoms with Crippen molar-refractivity contribution in [2.75, 3.05) is 31.2 Å². The van der Waals surface area contributed by atoms with Gasteiger partial charge in [0.05, 0.1) is 23.5 Å². The van der Waals surface area contributed by atoms with Crippen molar-refractivity contribution in [3.63, 3.8) is 0 Å². The highest BCUT2D eigenvalue weighted by Gasteiger charge is 2.60. The lowest BCUT2D eigenvalue weighted by Gasteiger charge is -2.25. The smallest absolute Gasteiger partial charge is 0.314 e. The molecule has 2 heterocycles. The predicted molar refractivity (Wildman–Crippen MR) is 82.9 cm³/mol. The van der Waals surface area contributed by atoms with Crippen LogP contribution in [0.5, 0.6) is 0 Å². The maximum absolute atomic E-state index is 12.4. The van der Waals surface area contributed by atoms with Gasteiger partial charge in [0.1, 0.15) is 0 Å². The van der Waals surface area contributed by atoms with Crippen LogP contribution < -0.4 is 0 Å². The molecule has 22 heavy (non-hydrogen) atoms. The molecule has 3 rings (SSSR count). The van der Waals surface area contributed by atoms with Crippen LogP contribution in [0.15, 0.2) is 30.3 Å². The van der Waals surface area contributed by atoms with E-state index in [4.69, 9.17) is 4.74 Å². The first-order valence-electron chi connectivity index (χ1n) is 7.59. The molecule has 5 nitrogen and oxygen atoms in total. The Morgan fingerprint density at radius 3 is 2.77 bits per heavy atom. The third-order valence-electron chi connectivity index (χ3n) is 4.63. The summed E-state index contributed by atoms with van der Waals surface area (Å²) < 4.78 is 29.2. The number of carbonyl (C=O) groups is 1. The zero-order chi connectivity index (χ0) is 15.8. The van der Waals surface area contributed by atoms with Gasteiger partial charge in [-0.3, -0.25) is 9.69 Å². The van der Waals surface area contributed by atoms with Gasteiger partial charge in [-0.1, -0.05) is 30.3 Å². The topological polar surface area (TPSA) is 63.7 Å². The molecule has 0 N–H and O–H groups in total. The molecule has 2 unspecified atom stereocenters. The molecular weight excluding hydrogens is 302 g/mol. The Morgan fingerprint density at radius 2 is 2.09 bits per heavy atom. The molecule has 0 radical (unpaired) electrons. The quantitative estimate of drug-likeness (QED) is 0.776. The number of carbonyl (C=O) groups excluding carboxylic acids is 1. The van der Waals surface area contributed by atoms with Crippen molar-refractivity contribution in [1.29, 1.82) is 0 Å². The molecular formula is C16H21NO4S. The van der Waals surface area contributed by atoms with E-state index in [0.717, 1.165) is 6.54 Å². The van der Waals surface area contributed by atoms with E-state index in [9.17, 15) is 13.2 Å². The number of hydrogen-bond acceptors (Lipinski definition) is 5. The third kappa shape index (κ3) is 2.77. The summed E-state index contributed by atoms with van der Waals surface area (Å²) in [5.74, 6) is -0.483. The Kier molecular flexibility index (Phi) is 3.99. The molecule has 1 aromatic carbocycles. The molecule has 0 saturated carbocycles. The van der Waals surface area contributed by atoms with Gasteiger partial charge >= 0.3 is 5.97 Å². The van der Waals surface area contributed by atoms with Crippen LogP contribution in [0.25, 0.3) is 0 Å². The molecule has 6 heteroatoms. The molecule has 0 aliphatic carbocycles. The number of rotatable bonds is 4. The van der Waals surface area contributed by atoms with E-state index in [0.29, 0.717) is 13.1 Å². The summed E-state index contributed by atoms with van der Waals surface area (Å²) in [7, 11) is -3.15. The summed E-state index contributed by atoms with van der Waals surface area (Å²) in [5, 5.41) is 0. The van der Waals surface area contributed by atoms with Crippen molar-refractivity contribution in [1.82, 2.24) is 4.90 Å². The van der Waals surface area contributed by atoms with Gasteiger partial charge in [0, 0.05) is 25.6 Å². The Hall–Kier alpha value is -1.40. The molecule has 2 aliphatic rings. The third-order valence-corrected chi connectivity index (χ3v) is 6.49. The van der Waals surface area contributed by atoms with Crippen molar-refractivity contribution in [2.45, 2.75) is 13.5 Å². The average Bonchev–Trinajstić information content (AvgIpc) is 2.89. The maximum atomic E-state index is 12.4. The molecule has 2 aliphatic heterocycles. The first kappa shape index (κ1) is 15.5. The number of nitrogens with zero attached hydrogens (tertiary/aromatic N) is 1. The molecule has 120 valence electrons. The molecule has 0 amide bonds. The molecule has 0 bridgehead atoms. The number of esters is 1. The van der Waals surface area contributed by atoms with Crippen LogP contribution in [0, 0.1) is 11.3 Å². The van der Waals surface area contributed by atoms with Crippen LogP contribution in [0.3, 0.4) is 0 Å². The van der Waals surface area contributed by atoms with Crippen LogP contribution in [0.2, 0.25) is 0 Å². The minimum atomic E-state index is -3.15. The zero-order valence-electron chi connectivity index (χ0n) is 12.7. The Morgan fingerprint density at radius 1 is 1.36 bits per heavy atom. The lowest BCUT2D eigenvalue weighted by molar-refractivity contribution is -0.154. The van der Waals surface area contributed by atoms with Gasteiger partial charge in [-0.2, -0.15) is 0 Å². The second-order valence-electron chi connectivity index (χ2n) is 6.28. The molecule has 0 aromatic heterocycles. The van der Waals surface area contributed by atoms with E-state index in [1.165, 1.54) is 5.56 Å². The van der Waals surface area contributed by atoms with Gasteiger partial charge in [-0.15, -0.1) is 0 Å². The standard InChI is InChI=1S/C16H21NO4S/c1-2-21-15(18)16-11-17(8-13-6-4-3-5-7-13)9-14(16)10-22(19,20)12-16/h3-7,14H,2,8-12H2,1H3. The first-order valence-corrected chi connectivity index (χ1v) is 9.41. The van der Waals surface area contributed by atoms with Crippen molar-refractivity contribution in [3.05, 3.63) is 35.9 Å². The Labute approximate surface area is 131 Å². The normalized spacial score (nSPS) is 30.1. The highest BCUT2D eigenvalue weighted by atomic mass is 32.2. The summed E-state index contributed by atoms with van der Waals surface area (Å²) in [4.78, 5) is 14.6. The fourth-order valence-corrected chi connectivity index (χ4v) is 6.12. The number of fused-ring (bicyclic) bond motifs is 1. The number of benzene rings is 1. The van der Waals surface area contributed by atoms with E-state index < -0.39 is 15.3 Å². The minimum absolute atomic E-state index is 0.0746. The number of ether oxygens (including phenoxy) is 1. The van der Waals surface area contributed by atoms with Gasteiger partial charge in [-0.25, -0.2) is 8.42 Å². The predicted octanol–water partition coefficient (Wildman–Crippen LogP) is 1.10. The molecule has 1 aromatic rings. The van der Waals surface area contributed by atoms with Crippen LogP contribution in [0.4, 0.5) is 0 Å². The van der Waals surface area contributed by atoms with Gasteiger partial charge in [0.2, 0.25) is 0 Å². The Balaban J connectivity index is 1.80. The van der Waals surface area contributed by atoms with Crippen molar-refractivity contribution in [3.8, 4) is 0 Å². The molecule has 2 saturated heterocycles. The highest BCUT2D eigenvalue weighted by molar-refractivity contribution is 7.91. The highest BCUT2D eigenvalue weighted by Crippen LogP contribution is 2.45. The maximum Gasteiger partial charge on any atom is 0.314 e. The van der Waals surface area contributed by atoms with Gasteiger partial charge in [0.15, 0.2) is 9.84 Å². The Bertz CT molecular complexity index is 658. The van der Waals surface area contributed by atoms with E-state index in [1.54, 1.807) is 6.92 Å². The lowest BCUT2D eigenvalue weighted by atomic mass is 9.81. The number of sulfone groups is 1. The van der Waals surface area contributed by atoms with Crippen molar-refractivity contribution in [2.24, 2.45) is 11.3 Å². The monoisotopic (exact) mass is 323 g/mol. The van der Waals surface area contributed by atoms with E-state index in [2.05, 4.69) is 4.90 Å². The molecule has 2 fully saturated rings. The first-order chi connectivity index (χ1) is 10.5. The van der Waals surface area contributed by atoms with E-state index in [1.807, 2.05) is 30.3 Å². The summed E-state index contributed by atoms with van der Waals surface area (Å²) in [6, 6.07) is 10.0. The largest absolute Gasteiger partial charge is 0.465 e. The van der Waals surface area contributed by atoms with Gasteiger partial charge in [0.25, 0.3) is 0 Å². The summed E-state index contributed by atoms with van der Waals surface area (Å²) in [6.07, 6.45) is 0. The van der Waals surface area contributed by atoms with Crippen LogP contribution in [0.1, 0.15) is 12.5 Å².